The van der Waals surface area contributed by atoms with Gasteiger partial charge in [-0.1, -0.05) is 23.8 Å². The van der Waals surface area contributed by atoms with Crippen molar-refractivity contribution in [1.82, 2.24) is 0 Å². The van der Waals surface area contributed by atoms with E-state index in [0.717, 1.165) is 11.1 Å². The standard InChI is InChI=1S/C24H25NO6/c1-14(13-29-3)8-9-16-6-5-7-17(12-16)25-23(27)20-21(26)18-10-11-19(30-4)15(2)22(18)31-24(20)28/h5-8,10-12,26H,9,13H2,1-4H3,(H,25,27). The zero-order valence-electron chi connectivity index (χ0n) is 17.9. The molecule has 0 saturated carbocycles. The lowest BCUT2D eigenvalue weighted by Crippen LogP contribution is -2.21. The largest absolute Gasteiger partial charge is 0.506 e. The molecule has 2 N–H and O–H groups in total. The molecule has 2 aromatic carbocycles. The molecule has 0 spiro atoms. The number of allylic oxidation sites excluding steroid dienone is 1. The minimum Gasteiger partial charge on any atom is -0.506 e. The van der Waals surface area contributed by atoms with Gasteiger partial charge in [-0.25, -0.2) is 4.79 Å². The number of nitrogens with one attached hydrogen (secondary N) is 1. The van der Waals surface area contributed by atoms with Crippen molar-refractivity contribution < 1.29 is 23.8 Å². The van der Waals surface area contributed by atoms with E-state index in [1.165, 1.54) is 7.11 Å². The van der Waals surface area contributed by atoms with Gasteiger partial charge >= 0.3 is 5.63 Å². The predicted molar refractivity (Wildman–Crippen MR) is 119 cm³/mol. The van der Waals surface area contributed by atoms with Crippen LogP contribution >= 0.6 is 0 Å². The first kappa shape index (κ1) is 22.1. The van der Waals surface area contributed by atoms with Gasteiger partial charge in [0, 0.05) is 18.4 Å². The van der Waals surface area contributed by atoms with Crippen LogP contribution < -0.4 is 15.7 Å². The first-order valence-electron chi connectivity index (χ1n) is 9.74. The van der Waals surface area contributed by atoms with Crippen LogP contribution in [0.4, 0.5) is 5.69 Å². The number of benzene rings is 2. The van der Waals surface area contributed by atoms with Crippen LogP contribution in [0.25, 0.3) is 11.0 Å². The fourth-order valence-electron chi connectivity index (χ4n) is 3.34. The average molecular weight is 423 g/mol. The Hall–Kier alpha value is -3.58. The molecular weight excluding hydrogens is 398 g/mol. The molecule has 0 saturated heterocycles. The lowest BCUT2D eigenvalue weighted by molar-refractivity contribution is 0.102. The zero-order valence-corrected chi connectivity index (χ0v) is 17.9. The summed E-state index contributed by atoms with van der Waals surface area (Å²) in [5.74, 6) is -0.660. The van der Waals surface area contributed by atoms with E-state index in [-0.39, 0.29) is 11.0 Å². The fourth-order valence-corrected chi connectivity index (χ4v) is 3.34. The minimum absolute atomic E-state index is 0.179. The van der Waals surface area contributed by atoms with Crippen molar-refractivity contribution in [3.63, 3.8) is 0 Å². The molecule has 7 nitrogen and oxygen atoms in total. The molecular formula is C24H25NO6. The lowest BCUT2D eigenvalue weighted by Gasteiger charge is -2.11. The van der Waals surface area contributed by atoms with E-state index in [9.17, 15) is 14.7 Å². The maximum atomic E-state index is 12.8. The SMILES string of the molecule is COCC(C)=CCc1cccc(NC(=O)c2c(O)c3ccc(OC)c(C)c3oc2=O)c1. The Balaban J connectivity index is 1.90. The number of rotatable bonds is 7. The van der Waals surface area contributed by atoms with Crippen molar-refractivity contribution in [2.45, 2.75) is 20.3 Å². The lowest BCUT2D eigenvalue weighted by atomic mass is 10.1. The van der Waals surface area contributed by atoms with Crippen LogP contribution in [0.3, 0.4) is 0 Å². The molecule has 31 heavy (non-hydrogen) atoms. The van der Waals surface area contributed by atoms with Gasteiger partial charge in [0.05, 0.1) is 19.1 Å². The number of carbonyl (C=O) groups excluding carboxylic acids is 1. The molecule has 0 aliphatic carbocycles. The van der Waals surface area contributed by atoms with Gasteiger partial charge in [0.25, 0.3) is 5.91 Å². The summed E-state index contributed by atoms with van der Waals surface area (Å²) in [6.45, 7) is 4.24. The number of aromatic hydroxyl groups is 1. The zero-order chi connectivity index (χ0) is 22.5. The smallest absolute Gasteiger partial charge is 0.353 e. The van der Waals surface area contributed by atoms with Crippen molar-refractivity contribution >= 4 is 22.6 Å². The van der Waals surface area contributed by atoms with Crippen molar-refractivity contribution in [3.05, 3.63) is 75.2 Å². The van der Waals surface area contributed by atoms with E-state index in [1.807, 2.05) is 31.2 Å². The molecule has 0 fully saturated rings. The summed E-state index contributed by atoms with van der Waals surface area (Å²) in [6, 6.07) is 10.4. The fraction of sp³-hybridized carbons (Fsp3) is 0.250. The van der Waals surface area contributed by atoms with Crippen molar-refractivity contribution in [2.24, 2.45) is 0 Å². The van der Waals surface area contributed by atoms with Crippen molar-refractivity contribution in [1.29, 1.82) is 0 Å². The van der Waals surface area contributed by atoms with Gasteiger partial charge in [0.15, 0.2) is 5.56 Å². The Morgan fingerprint density at radius 3 is 2.71 bits per heavy atom. The van der Waals surface area contributed by atoms with E-state index >= 15 is 0 Å². The third kappa shape index (κ3) is 4.78. The molecule has 0 bridgehead atoms. The van der Waals surface area contributed by atoms with Gasteiger partial charge in [-0.2, -0.15) is 0 Å². The van der Waals surface area contributed by atoms with Crippen molar-refractivity contribution in [2.75, 3.05) is 26.1 Å². The number of anilines is 1. The second-order valence-electron chi connectivity index (χ2n) is 7.22. The van der Waals surface area contributed by atoms with Crippen LogP contribution in [0.5, 0.6) is 11.5 Å². The molecule has 3 aromatic rings. The van der Waals surface area contributed by atoms with Crippen LogP contribution in [0.2, 0.25) is 0 Å². The molecule has 1 heterocycles. The van der Waals surface area contributed by atoms with Gasteiger partial charge in [-0.15, -0.1) is 0 Å². The summed E-state index contributed by atoms with van der Waals surface area (Å²) < 4.78 is 15.7. The number of hydrogen-bond acceptors (Lipinski definition) is 6. The number of ether oxygens (including phenoxy) is 2. The minimum atomic E-state index is -0.923. The van der Waals surface area contributed by atoms with Gasteiger partial charge in [-0.3, -0.25) is 4.79 Å². The van der Waals surface area contributed by atoms with Crippen LogP contribution in [-0.4, -0.2) is 31.8 Å². The van der Waals surface area contributed by atoms with Crippen LogP contribution in [-0.2, 0) is 11.2 Å². The second kappa shape index (κ2) is 9.49. The van der Waals surface area contributed by atoms with Crippen LogP contribution in [0, 0.1) is 6.92 Å². The average Bonchev–Trinajstić information content (AvgIpc) is 2.73. The topological polar surface area (TPSA) is 98.0 Å². The summed E-state index contributed by atoms with van der Waals surface area (Å²) in [5.41, 5.74) is 1.95. The normalized spacial score (nSPS) is 11.5. The first-order chi connectivity index (χ1) is 14.8. The van der Waals surface area contributed by atoms with E-state index in [1.54, 1.807) is 32.2 Å². The monoisotopic (exact) mass is 423 g/mol. The maximum absolute atomic E-state index is 12.8. The Morgan fingerprint density at radius 2 is 2.00 bits per heavy atom. The molecule has 0 unspecified atom stereocenters. The second-order valence-corrected chi connectivity index (χ2v) is 7.22. The van der Waals surface area contributed by atoms with E-state index in [2.05, 4.69) is 5.32 Å². The molecule has 162 valence electrons. The molecule has 0 atom stereocenters. The van der Waals surface area contributed by atoms with Crippen molar-refractivity contribution in [3.8, 4) is 11.5 Å². The summed E-state index contributed by atoms with van der Waals surface area (Å²) >= 11 is 0. The van der Waals surface area contributed by atoms with Gasteiger partial charge in [-0.05, 0) is 50.1 Å². The molecule has 0 aliphatic heterocycles. The number of aryl methyl sites for hydroxylation is 1. The molecule has 0 aliphatic rings. The Labute approximate surface area is 179 Å². The van der Waals surface area contributed by atoms with Gasteiger partial charge in [0.2, 0.25) is 0 Å². The molecule has 3 rings (SSSR count). The predicted octanol–water partition coefficient (Wildman–Crippen LogP) is 4.20. The number of carbonyl (C=O) groups is 1. The Bertz CT molecular complexity index is 1210. The Kier molecular flexibility index (Phi) is 6.77. The highest BCUT2D eigenvalue weighted by Crippen LogP contribution is 2.33. The van der Waals surface area contributed by atoms with E-state index < -0.39 is 22.8 Å². The highest BCUT2D eigenvalue weighted by molar-refractivity contribution is 6.08. The number of methoxy groups -OCH3 is 2. The number of hydrogen-bond donors (Lipinski definition) is 2. The first-order valence-corrected chi connectivity index (χ1v) is 9.74. The molecule has 7 heteroatoms. The van der Waals surface area contributed by atoms with Crippen LogP contribution in [0.15, 0.2) is 57.3 Å². The van der Waals surface area contributed by atoms with Gasteiger partial charge < -0.3 is 24.3 Å². The number of fused-ring (bicyclic) bond motifs is 1. The molecule has 1 amide bonds. The summed E-state index contributed by atoms with van der Waals surface area (Å²) in [6.07, 6.45) is 2.72. The Morgan fingerprint density at radius 1 is 1.23 bits per heavy atom. The van der Waals surface area contributed by atoms with Gasteiger partial charge in [0.1, 0.15) is 17.1 Å². The highest BCUT2D eigenvalue weighted by Gasteiger charge is 2.22. The third-order valence-corrected chi connectivity index (χ3v) is 4.94. The highest BCUT2D eigenvalue weighted by atomic mass is 16.5. The summed E-state index contributed by atoms with van der Waals surface area (Å²) in [5, 5.41) is 13.6. The summed E-state index contributed by atoms with van der Waals surface area (Å²) in [7, 11) is 3.14. The quantitative estimate of drug-likeness (QED) is 0.437. The number of amides is 1. The molecule has 1 aromatic heterocycles. The van der Waals surface area contributed by atoms with E-state index in [4.69, 9.17) is 13.9 Å². The molecule has 0 radical (unpaired) electrons. The summed E-state index contributed by atoms with van der Waals surface area (Å²) in [4.78, 5) is 25.3. The van der Waals surface area contributed by atoms with Crippen LogP contribution in [0.1, 0.15) is 28.4 Å². The third-order valence-electron chi connectivity index (χ3n) is 4.94. The van der Waals surface area contributed by atoms with E-state index in [0.29, 0.717) is 30.0 Å². The maximum Gasteiger partial charge on any atom is 0.353 e.